The van der Waals surface area contributed by atoms with Gasteiger partial charge in [-0.25, -0.2) is 4.79 Å². The van der Waals surface area contributed by atoms with Crippen molar-refractivity contribution in [2.45, 2.75) is 33.6 Å². The molecule has 4 amide bonds. The number of para-hydroxylation sites is 1. The van der Waals surface area contributed by atoms with E-state index >= 15 is 0 Å². The molecule has 1 fully saturated rings. The molecule has 0 aliphatic carbocycles. The summed E-state index contributed by atoms with van der Waals surface area (Å²) in [5.41, 5.74) is 2.18. The first kappa shape index (κ1) is 25.7. The molecule has 2 aromatic carbocycles. The van der Waals surface area contributed by atoms with Crippen molar-refractivity contribution in [3.8, 4) is 0 Å². The molecule has 1 heterocycles. The first-order valence-electron chi connectivity index (χ1n) is 11.7. The van der Waals surface area contributed by atoms with Crippen LogP contribution in [0.4, 0.5) is 16.2 Å². The molecule has 0 radical (unpaired) electrons. The Labute approximate surface area is 205 Å². The lowest BCUT2D eigenvalue weighted by atomic mass is 9.84. The van der Waals surface area contributed by atoms with E-state index in [1.807, 2.05) is 11.0 Å². The van der Waals surface area contributed by atoms with E-state index in [4.69, 9.17) is 5.21 Å². The zero-order valence-electron chi connectivity index (χ0n) is 20.5. The molecule has 186 valence electrons. The molecular weight excluding hydrogens is 446 g/mol. The first-order chi connectivity index (χ1) is 16.7. The summed E-state index contributed by atoms with van der Waals surface area (Å²) in [4.78, 5) is 41.8. The third-order valence-electron chi connectivity index (χ3n) is 6.00. The van der Waals surface area contributed by atoms with Crippen molar-refractivity contribution in [3.05, 3.63) is 60.2 Å². The summed E-state index contributed by atoms with van der Waals surface area (Å²) in [6.45, 7) is 6.88. The van der Waals surface area contributed by atoms with Crippen molar-refractivity contribution in [1.82, 2.24) is 10.2 Å². The Hall–Kier alpha value is -3.88. The van der Waals surface area contributed by atoms with Crippen LogP contribution in [-0.2, 0) is 9.59 Å². The van der Waals surface area contributed by atoms with Crippen molar-refractivity contribution in [2.24, 2.45) is 10.6 Å². The van der Waals surface area contributed by atoms with Gasteiger partial charge in [0.25, 0.3) is 0 Å². The van der Waals surface area contributed by atoms with E-state index in [9.17, 15) is 14.4 Å². The van der Waals surface area contributed by atoms with E-state index in [0.717, 1.165) is 12.8 Å². The molecule has 1 aliphatic rings. The molecule has 0 atom stereocenters. The molecule has 35 heavy (non-hydrogen) atoms. The number of nitrogens with zero attached hydrogens (tertiary/aromatic N) is 3. The maximum atomic E-state index is 13.1. The predicted molar refractivity (Wildman–Crippen MR) is 136 cm³/mol. The third kappa shape index (κ3) is 7.30. The SMILES string of the molecule is C/C(=N/O)c1cccc(NC(=O)NCC(=O)N(CC(=O)N2CCCC(C)(C)C2)c2ccccc2)c1. The van der Waals surface area contributed by atoms with E-state index < -0.39 is 11.9 Å². The van der Waals surface area contributed by atoms with Gasteiger partial charge in [0.05, 0.1) is 12.3 Å². The Morgan fingerprint density at radius 2 is 1.86 bits per heavy atom. The van der Waals surface area contributed by atoms with E-state index in [2.05, 4.69) is 29.6 Å². The summed E-state index contributed by atoms with van der Waals surface area (Å²) < 4.78 is 0. The van der Waals surface area contributed by atoms with Crippen molar-refractivity contribution in [2.75, 3.05) is 36.4 Å². The monoisotopic (exact) mass is 479 g/mol. The number of carbonyl (C=O) groups is 3. The summed E-state index contributed by atoms with van der Waals surface area (Å²) in [6.07, 6.45) is 2.00. The van der Waals surface area contributed by atoms with Crippen LogP contribution in [0, 0.1) is 5.41 Å². The van der Waals surface area contributed by atoms with E-state index in [-0.39, 0.29) is 24.4 Å². The minimum atomic E-state index is -0.564. The average Bonchev–Trinajstić information content (AvgIpc) is 2.85. The molecule has 3 rings (SSSR count). The van der Waals surface area contributed by atoms with Gasteiger partial charge >= 0.3 is 6.03 Å². The van der Waals surface area contributed by atoms with Gasteiger partial charge in [-0.15, -0.1) is 0 Å². The Balaban J connectivity index is 1.64. The van der Waals surface area contributed by atoms with E-state index in [1.54, 1.807) is 55.5 Å². The van der Waals surface area contributed by atoms with Crippen LogP contribution in [0.5, 0.6) is 0 Å². The van der Waals surface area contributed by atoms with Gasteiger partial charge in [0.1, 0.15) is 6.54 Å². The molecule has 0 saturated carbocycles. The zero-order chi connectivity index (χ0) is 25.4. The summed E-state index contributed by atoms with van der Waals surface area (Å²) in [7, 11) is 0. The fraction of sp³-hybridized carbons (Fsp3) is 0.385. The molecule has 9 heteroatoms. The summed E-state index contributed by atoms with van der Waals surface area (Å²) in [6, 6.07) is 15.2. The predicted octanol–water partition coefficient (Wildman–Crippen LogP) is 3.69. The van der Waals surface area contributed by atoms with Crippen LogP contribution in [0.2, 0.25) is 0 Å². The van der Waals surface area contributed by atoms with E-state index in [1.165, 1.54) is 4.90 Å². The molecule has 0 unspecified atom stereocenters. The quantitative estimate of drug-likeness (QED) is 0.319. The van der Waals surface area contributed by atoms with Crippen LogP contribution in [0.15, 0.2) is 59.8 Å². The number of amides is 4. The lowest BCUT2D eigenvalue weighted by Gasteiger charge is -2.39. The van der Waals surface area contributed by atoms with Crippen LogP contribution in [0.3, 0.4) is 0 Å². The zero-order valence-corrected chi connectivity index (χ0v) is 20.5. The van der Waals surface area contributed by atoms with Gasteiger partial charge in [-0.1, -0.05) is 49.3 Å². The Morgan fingerprint density at radius 3 is 2.54 bits per heavy atom. The maximum absolute atomic E-state index is 13.1. The number of piperidine rings is 1. The van der Waals surface area contributed by atoms with Crippen LogP contribution in [-0.4, -0.2) is 59.8 Å². The smallest absolute Gasteiger partial charge is 0.319 e. The highest BCUT2D eigenvalue weighted by atomic mass is 16.4. The molecule has 3 N–H and O–H groups in total. The molecule has 9 nitrogen and oxygen atoms in total. The van der Waals surface area contributed by atoms with Crippen LogP contribution < -0.4 is 15.5 Å². The van der Waals surface area contributed by atoms with Crippen LogP contribution in [0.25, 0.3) is 0 Å². The Kier molecular flexibility index (Phi) is 8.46. The lowest BCUT2D eigenvalue weighted by molar-refractivity contribution is -0.134. The van der Waals surface area contributed by atoms with Crippen molar-refractivity contribution < 1.29 is 19.6 Å². The van der Waals surface area contributed by atoms with Crippen LogP contribution in [0.1, 0.15) is 39.2 Å². The highest BCUT2D eigenvalue weighted by Gasteiger charge is 2.30. The molecular formula is C26H33N5O4. The standard InChI is InChI=1S/C26H33N5O4/c1-19(29-35)20-9-7-10-21(15-20)28-25(34)27-16-23(32)31(22-11-5-4-6-12-22)17-24(33)30-14-8-13-26(2,3)18-30/h4-7,9-12,15,35H,8,13-14,16-18H2,1-3H3,(H2,27,28,34)/b29-19-. The number of hydrogen-bond donors (Lipinski definition) is 3. The second-order valence-corrected chi connectivity index (χ2v) is 9.47. The second kappa shape index (κ2) is 11.5. The highest BCUT2D eigenvalue weighted by Crippen LogP contribution is 2.28. The third-order valence-corrected chi connectivity index (χ3v) is 6.00. The first-order valence-corrected chi connectivity index (χ1v) is 11.7. The number of anilines is 2. The van der Waals surface area contributed by atoms with Gasteiger partial charge in [0, 0.05) is 30.0 Å². The molecule has 2 aromatic rings. The fourth-order valence-corrected chi connectivity index (χ4v) is 4.11. The molecule has 0 bridgehead atoms. The molecule has 1 saturated heterocycles. The van der Waals surface area contributed by atoms with Gasteiger partial charge < -0.3 is 25.6 Å². The number of nitrogens with one attached hydrogen (secondary N) is 2. The van der Waals surface area contributed by atoms with E-state index in [0.29, 0.717) is 35.7 Å². The number of urea groups is 1. The molecule has 1 aliphatic heterocycles. The maximum Gasteiger partial charge on any atom is 0.319 e. The number of hydrogen-bond acceptors (Lipinski definition) is 5. The molecule has 0 spiro atoms. The number of rotatable bonds is 7. The summed E-state index contributed by atoms with van der Waals surface area (Å²) >= 11 is 0. The van der Waals surface area contributed by atoms with Crippen LogP contribution >= 0.6 is 0 Å². The number of benzene rings is 2. The number of oxime groups is 1. The van der Waals surface area contributed by atoms with Gasteiger partial charge in [-0.05, 0) is 49.4 Å². The number of carbonyl (C=O) groups excluding carboxylic acids is 3. The van der Waals surface area contributed by atoms with Gasteiger partial charge in [0.15, 0.2) is 0 Å². The minimum Gasteiger partial charge on any atom is -0.411 e. The van der Waals surface area contributed by atoms with Crippen molar-refractivity contribution in [1.29, 1.82) is 0 Å². The lowest BCUT2D eigenvalue weighted by Crippen LogP contribution is -2.50. The fourth-order valence-electron chi connectivity index (χ4n) is 4.11. The van der Waals surface area contributed by atoms with Crippen molar-refractivity contribution >= 4 is 34.9 Å². The van der Waals surface area contributed by atoms with Gasteiger partial charge in [0.2, 0.25) is 11.8 Å². The van der Waals surface area contributed by atoms with Crippen molar-refractivity contribution in [3.63, 3.8) is 0 Å². The minimum absolute atomic E-state index is 0.0496. The topological polar surface area (TPSA) is 114 Å². The molecule has 0 aromatic heterocycles. The summed E-state index contributed by atoms with van der Waals surface area (Å²) in [5.74, 6) is -0.509. The summed E-state index contributed by atoms with van der Waals surface area (Å²) in [5, 5.41) is 17.3. The average molecular weight is 480 g/mol. The normalized spacial score (nSPS) is 15.3. The highest BCUT2D eigenvalue weighted by molar-refractivity contribution is 6.02. The largest absolute Gasteiger partial charge is 0.411 e. The number of likely N-dealkylation sites (tertiary alicyclic amines) is 1. The Bertz CT molecular complexity index is 1080. The van der Waals surface area contributed by atoms with Gasteiger partial charge in [-0.2, -0.15) is 0 Å². The second-order valence-electron chi connectivity index (χ2n) is 9.47. The van der Waals surface area contributed by atoms with Gasteiger partial charge in [-0.3, -0.25) is 9.59 Å². The Morgan fingerprint density at radius 1 is 1.11 bits per heavy atom.